The van der Waals surface area contributed by atoms with Crippen LogP contribution in [0.3, 0.4) is 0 Å². The Morgan fingerprint density at radius 3 is 2.27 bits per heavy atom. The van der Waals surface area contributed by atoms with Crippen molar-refractivity contribution >= 4 is 39.1 Å². The topological polar surface area (TPSA) is 120 Å². The molecule has 0 atom stereocenters. The van der Waals surface area contributed by atoms with Crippen molar-refractivity contribution in [2.75, 3.05) is 41.7 Å². The van der Waals surface area contributed by atoms with Crippen LogP contribution in [0.1, 0.15) is 12.5 Å². The molecule has 10 nitrogen and oxygen atoms in total. The van der Waals surface area contributed by atoms with E-state index in [2.05, 4.69) is 25.8 Å². The number of carbonyl (C=O) groups excluding carboxylic acids is 1. The second-order valence-electron chi connectivity index (χ2n) is 7.72. The lowest BCUT2D eigenvalue weighted by molar-refractivity contribution is -0.114. The molecule has 0 spiro atoms. The molecule has 3 heterocycles. The van der Waals surface area contributed by atoms with Gasteiger partial charge in [0.1, 0.15) is 5.82 Å². The van der Waals surface area contributed by atoms with Gasteiger partial charge in [-0.3, -0.25) is 4.79 Å². The number of piperazine rings is 1. The van der Waals surface area contributed by atoms with E-state index in [-0.39, 0.29) is 10.8 Å². The number of aromatic nitrogens is 3. The van der Waals surface area contributed by atoms with Crippen LogP contribution in [0.25, 0.3) is 0 Å². The summed E-state index contributed by atoms with van der Waals surface area (Å²) < 4.78 is 27.4. The average Bonchev–Trinajstić information content (AvgIpc) is 2.80. The fourth-order valence-electron chi connectivity index (χ4n) is 3.52. The van der Waals surface area contributed by atoms with Crippen LogP contribution in [0.4, 0.5) is 23.1 Å². The van der Waals surface area contributed by atoms with Gasteiger partial charge in [-0.25, -0.2) is 13.4 Å². The molecule has 0 bridgehead atoms. The molecule has 11 heteroatoms. The van der Waals surface area contributed by atoms with Crippen LogP contribution in [0.2, 0.25) is 0 Å². The summed E-state index contributed by atoms with van der Waals surface area (Å²) in [7, 11) is -3.62. The van der Waals surface area contributed by atoms with Gasteiger partial charge >= 0.3 is 0 Å². The Kier molecular flexibility index (Phi) is 6.52. The number of rotatable bonds is 6. The maximum Gasteiger partial charge on any atom is 0.243 e. The van der Waals surface area contributed by atoms with Crippen LogP contribution >= 0.6 is 0 Å². The van der Waals surface area contributed by atoms with Crippen LogP contribution in [-0.4, -0.2) is 60.0 Å². The number of carbonyl (C=O) groups is 1. The minimum atomic E-state index is -3.62. The lowest BCUT2D eigenvalue weighted by Gasteiger charge is -2.34. The van der Waals surface area contributed by atoms with Crippen LogP contribution in [0.15, 0.2) is 59.6 Å². The van der Waals surface area contributed by atoms with Crippen molar-refractivity contribution in [1.82, 2.24) is 19.5 Å². The third kappa shape index (κ3) is 5.44. The van der Waals surface area contributed by atoms with Gasteiger partial charge in [0.15, 0.2) is 11.6 Å². The van der Waals surface area contributed by atoms with E-state index >= 15 is 0 Å². The van der Waals surface area contributed by atoms with Gasteiger partial charge in [0.2, 0.25) is 15.9 Å². The van der Waals surface area contributed by atoms with Gasteiger partial charge in [-0.1, -0.05) is 0 Å². The van der Waals surface area contributed by atoms with Crippen molar-refractivity contribution in [3.8, 4) is 0 Å². The largest absolute Gasteiger partial charge is 0.352 e. The number of sulfonamides is 1. The van der Waals surface area contributed by atoms with Gasteiger partial charge < -0.3 is 15.5 Å². The highest BCUT2D eigenvalue weighted by atomic mass is 32.2. The SMILES string of the molecule is CC(=O)Nc1ccc(S(=O)(=O)N2CCN(c3ccc(Nc4cc(C)ccn4)nn3)CC2)cc1. The maximum absolute atomic E-state index is 13.0. The average molecular weight is 468 g/mol. The fourth-order valence-corrected chi connectivity index (χ4v) is 4.94. The van der Waals surface area contributed by atoms with E-state index in [4.69, 9.17) is 0 Å². The lowest BCUT2D eigenvalue weighted by Crippen LogP contribution is -2.49. The monoisotopic (exact) mass is 467 g/mol. The Labute approximate surface area is 192 Å². The number of hydrogen-bond acceptors (Lipinski definition) is 8. The number of amides is 1. The summed E-state index contributed by atoms with van der Waals surface area (Å²) >= 11 is 0. The fraction of sp³-hybridized carbons (Fsp3) is 0.273. The van der Waals surface area contributed by atoms with Crippen molar-refractivity contribution < 1.29 is 13.2 Å². The number of hydrogen-bond donors (Lipinski definition) is 2. The van der Waals surface area contributed by atoms with Gasteiger partial charge in [0.05, 0.1) is 4.90 Å². The zero-order valence-corrected chi connectivity index (χ0v) is 19.2. The molecule has 1 amide bonds. The first kappa shape index (κ1) is 22.6. The van der Waals surface area contributed by atoms with E-state index in [0.717, 1.165) is 5.56 Å². The van der Waals surface area contributed by atoms with Crippen LogP contribution < -0.4 is 15.5 Å². The molecule has 0 unspecified atom stereocenters. The van der Waals surface area contributed by atoms with Gasteiger partial charge in [-0.15, -0.1) is 10.2 Å². The number of benzene rings is 1. The summed E-state index contributed by atoms with van der Waals surface area (Å²) in [6.45, 7) is 5.08. The van der Waals surface area contributed by atoms with E-state index in [1.807, 2.05) is 36.1 Å². The molecule has 1 aromatic carbocycles. The number of nitrogens with zero attached hydrogens (tertiary/aromatic N) is 5. The quantitative estimate of drug-likeness (QED) is 0.567. The molecule has 33 heavy (non-hydrogen) atoms. The van der Waals surface area contributed by atoms with E-state index in [9.17, 15) is 13.2 Å². The highest BCUT2D eigenvalue weighted by Gasteiger charge is 2.29. The van der Waals surface area contributed by atoms with Crippen molar-refractivity contribution in [3.05, 3.63) is 60.3 Å². The Morgan fingerprint density at radius 1 is 0.939 bits per heavy atom. The van der Waals surface area contributed by atoms with Crippen LogP contribution in [0, 0.1) is 6.92 Å². The summed E-state index contributed by atoms with van der Waals surface area (Å²) in [5, 5.41) is 14.3. The molecule has 1 aliphatic rings. The number of pyridine rings is 1. The zero-order chi connectivity index (χ0) is 23.4. The highest BCUT2D eigenvalue weighted by Crippen LogP contribution is 2.22. The number of nitrogens with one attached hydrogen (secondary N) is 2. The Balaban J connectivity index is 1.36. The number of anilines is 4. The molecule has 1 aliphatic heterocycles. The molecule has 0 saturated carbocycles. The van der Waals surface area contributed by atoms with Gasteiger partial charge in [0, 0.05) is 45.0 Å². The first-order valence-electron chi connectivity index (χ1n) is 10.5. The van der Waals surface area contributed by atoms with Crippen molar-refractivity contribution in [2.24, 2.45) is 0 Å². The molecule has 1 saturated heterocycles. The predicted octanol–water partition coefficient (Wildman–Crippen LogP) is 2.39. The predicted molar refractivity (Wildman–Crippen MR) is 126 cm³/mol. The maximum atomic E-state index is 13.0. The second kappa shape index (κ2) is 9.51. The van der Waals surface area contributed by atoms with Crippen molar-refractivity contribution in [2.45, 2.75) is 18.7 Å². The van der Waals surface area contributed by atoms with E-state index < -0.39 is 10.0 Å². The Bertz CT molecular complexity index is 1220. The summed E-state index contributed by atoms with van der Waals surface area (Å²) in [6.07, 6.45) is 1.73. The molecular formula is C22H25N7O3S. The second-order valence-corrected chi connectivity index (χ2v) is 9.65. The molecule has 0 aliphatic carbocycles. The van der Waals surface area contributed by atoms with Crippen molar-refractivity contribution in [1.29, 1.82) is 0 Å². The molecule has 4 rings (SSSR count). The first-order valence-corrected chi connectivity index (χ1v) is 11.9. The van der Waals surface area contributed by atoms with E-state index in [1.165, 1.54) is 23.4 Å². The van der Waals surface area contributed by atoms with Gasteiger partial charge in [-0.2, -0.15) is 4.31 Å². The molecular weight excluding hydrogens is 442 g/mol. The third-order valence-electron chi connectivity index (χ3n) is 5.20. The first-order chi connectivity index (χ1) is 15.8. The Morgan fingerprint density at radius 2 is 1.67 bits per heavy atom. The third-order valence-corrected chi connectivity index (χ3v) is 7.11. The zero-order valence-electron chi connectivity index (χ0n) is 18.4. The molecule has 2 N–H and O–H groups in total. The minimum absolute atomic E-state index is 0.199. The van der Waals surface area contributed by atoms with Crippen LogP contribution in [-0.2, 0) is 14.8 Å². The van der Waals surface area contributed by atoms with E-state index in [0.29, 0.717) is 49.3 Å². The molecule has 2 aromatic heterocycles. The smallest absolute Gasteiger partial charge is 0.243 e. The van der Waals surface area contributed by atoms with Gasteiger partial charge in [0.25, 0.3) is 0 Å². The summed E-state index contributed by atoms with van der Waals surface area (Å²) in [6, 6.07) is 13.7. The number of aryl methyl sites for hydroxylation is 1. The summed E-state index contributed by atoms with van der Waals surface area (Å²) in [5.41, 5.74) is 1.65. The molecule has 3 aromatic rings. The highest BCUT2D eigenvalue weighted by molar-refractivity contribution is 7.89. The lowest BCUT2D eigenvalue weighted by atomic mass is 10.3. The standard InChI is InChI=1S/C22H25N7O3S/c1-16-9-10-23-21(15-16)25-20-7-8-22(27-26-20)28-11-13-29(14-12-28)33(31,32)19-5-3-18(4-6-19)24-17(2)30/h3-10,15H,11-14H2,1-2H3,(H,24,30)(H,23,25,26). The summed E-state index contributed by atoms with van der Waals surface area (Å²) in [5.74, 6) is 1.76. The van der Waals surface area contributed by atoms with Crippen LogP contribution in [0.5, 0.6) is 0 Å². The van der Waals surface area contributed by atoms with Crippen molar-refractivity contribution in [3.63, 3.8) is 0 Å². The summed E-state index contributed by atoms with van der Waals surface area (Å²) in [4.78, 5) is 17.6. The normalized spacial score (nSPS) is 14.7. The van der Waals surface area contributed by atoms with Gasteiger partial charge in [-0.05, 0) is 61.0 Å². The van der Waals surface area contributed by atoms with E-state index in [1.54, 1.807) is 18.3 Å². The Hall–Kier alpha value is -3.57. The molecule has 1 fully saturated rings. The molecule has 0 radical (unpaired) electrons. The minimum Gasteiger partial charge on any atom is -0.352 e. The molecule has 172 valence electrons.